The third-order valence-electron chi connectivity index (χ3n) is 6.98. The van der Waals surface area contributed by atoms with Crippen LogP contribution < -0.4 is 0 Å². The Morgan fingerprint density at radius 2 is 1.79 bits per heavy atom. The fourth-order valence-electron chi connectivity index (χ4n) is 5.37. The number of benzene rings is 1. The zero-order chi connectivity index (χ0) is 19.0. The lowest BCUT2D eigenvalue weighted by atomic mass is 9.83. The van der Waals surface area contributed by atoms with Gasteiger partial charge in [0.05, 0.1) is 18.8 Å². The normalized spacial score (nSPS) is 22.9. The van der Waals surface area contributed by atoms with Gasteiger partial charge >= 0.3 is 0 Å². The maximum absolute atomic E-state index is 12.9. The first-order valence-electron chi connectivity index (χ1n) is 11.0. The third-order valence-corrected chi connectivity index (χ3v) is 6.98. The summed E-state index contributed by atoms with van der Waals surface area (Å²) in [6, 6.07) is 8.56. The standard InChI is InChI=1S/C23H31N3O2/c27-21(17-25-12-5-1-2-6-13-25)26-14-10-23(11-15-26)22-19(9-16-28-23)18-7-3-4-8-20(18)24-22/h3-4,7-8,24H,1-2,5-6,9-17H2. The van der Waals surface area contributed by atoms with Crippen LogP contribution in [0.3, 0.4) is 0 Å². The van der Waals surface area contributed by atoms with E-state index in [4.69, 9.17) is 4.74 Å². The molecule has 1 amide bonds. The van der Waals surface area contributed by atoms with Crippen molar-refractivity contribution in [3.63, 3.8) is 0 Å². The minimum absolute atomic E-state index is 0.244. The zero-order valence-electron chi connectivity index (χ0n) is 16.7. The molecule has 2 fully saturated rings. The van der Waals surface area contributed by atoms with Crippen LogP contribution in [0.5, 0.6) is 0 Å². The van der Waals surface area contributed by atoms with E-state index >= 15 is 0 Å². The highest BCUT2D eigenvalue weighted by Gasteiger charge is 2.43. The number of piperidine rings is 1. The number of rotatable bonds is 2. The second-order valence-corrected chi connectivity index (χ2v) is 8.69. The fourth-order valence-corrected chi connectivity index (χ4v) is 5.37. The number of carbonyl (C=O) groups excluding carboxylic acids is 1. The smallest absolute Gasteiger partial charge is 0.236 e. The molecule has 0 bridgehead atoms. The summed E-state index contributed by atoms with van der Waals surface area (Å²) < 4.78 is 6.38. The maximum atomic E-state index is 12.9. The summed E-state index contributed by atoms with van der Waals surface area (Å²) >= 11 is 0. The summed E-state index contributed by atoms with van der Waals surface area (Å²) in [4.78, 5) is 20.9. The molecule has 5 nitrogen and oxygen atoms in total. The van der Waals surface area contributed by atoms with Crippen molar-refractivity contribution in [2.24, 2.45) is 0 Å². The Balaban J connectivity index is 1.29. The average Bonchev–Trinajstić information content (AvgIpc) is 2.92. The van der Waals surface area contributed by atoms with Gasteiger partial charge < -0.3 is 14.6 Å². The van der Waals surface area contributed by atoms with Crippen LogP contribution in [-0.2, 0) is 21.6 Å². The van der Waals surface area contributed by atoms with Crippen molar-refractivity contribution in [1.29, 1.82) is 0 Å². The van der Waals surface area contributed by atoms with E-state index in [1.165, 1.54) is 47.8 Å². The molecule has 5 heteroatoms. The van der Waals surface area contributed by atoms with Crippen LogP contribution in [-0.4, -0.2) is 60.0 Å². The number of hydrogen-bond donors (Lipinski definition) is 1. The van der Waals surface area contributed by atoms with E-state index in [1.807, 2.05) is 0 Å². The van der Waals surface area contributed by atoms with Crippen molar-refractivity contribution >= 4 is 16.8 Å². The Kier molecular flexibility index (Phi) is 4.89. The number of carbonyl (C=O) groups is 1. The van der Waals surface area contributed by atoms with Crippen LogP contribution in [0.25, 0.3) is 10.9 Å². The summed E-state index contributed by atoms with van der Waals surface area (Å²) in [6.07, 6.45) is 7.82. The topological polar surface area (TPSA) is 48.6 Å². The predicted octanol–water partition coefficient (Wildman–Crippen LogP) is 3.43. The molecule has 0 saturated carbocycles. The second-order valence-electron chi connectivity index (χ2n) is 8.69. The summed E-state index contributed by atoms with van der Waals surface area (Å²) in [5, 5.41) is 1.33. The number of para-hydroxylation sites is 1. The first-order valence-corrected chi connectivity index (χ1v) is 11.0. The van der Waals surface area contributed by atoms with Crippen LogP contribution in [0, 0.1) is 0 Å². The molecule has 1 aromatic carbocycles. The highest BCUT2D eigenvalue weighted by molar-refractivity contribution is 5.85. The first-order chi connectivity index (χ1) is 13.8. The highest BCUT2D eigenvalue weighted by Crippen LogP contribution is 2.43. The maximum Gasteiger partial charge on any atom is 0.236 e. The second kappa shape index (κ2) is 7.53. The molecular weight excluding hydrogens is 350 g/mol. The van der Waals surface area contributed by atoms with E-state index in [0.29, 0.717) is 12.5 Å². The fraction of sp³-hybridized carbons (Fsp3) is 0.609. The van der Waals surface area contributed by atoms with Crippen LogP contribution in [0.15, 0.2) is 24.3 Å². The molecule has 28 heavy (non-hydrogen) atoms. The molecule has 150 valence electrons. The number of fused-ring (bicyclic) bond motifs is 4. The Hall–Kier alpha value is -1.85. The molecule has 1 spiro atoms. The minimum Gasteiger partial charge on any atom is -0.368 e. The molecule has 0 unspecified atom stereocenters. The van der Waals surface area contributed by atoms with E-state index in [0.717, 1.165) is 52.0 Å². The number of aromatic amines is 1. The van der Waals surface area contributed by atoms with Gasteiger partial charge in [-0.3, -0.25) is 9.69 Å². The number of nitrogens with zero attached hydrogens (tertiary/aromatic N) is 2. The van der Waals surface area contributed by atoms with Gasteiger partial charge in [0.1, 0.15) is 5.60 Å². The lowest BCUT2D eigenvalue weighted by Crippen LogP contribution is -2.50. The minimum atomic E-state index is -0.244. The van der Waals surface area contributed by atoms with Crippen LogP contribution in [0.2, 0.25) is 0 Å². The largest absolute Gasteiger partial charge is 0.368 e. The summed E-state index contributed by atoms with van der Waals surface area (Å²) in [7, 11) is 0. The summed E-state index contributed by atoms with van der Waals surface area (Å²) in [5.74, 6) is 0.296. The SMILES string of the molecule is O=C(CN1CCCCCC1)N1CCC2(CC1)OCCc1c2[nH]c2ccccc12. The quantitative estimate of drug-likeness (QED) is 0.867. The van der Waals surface area contributed by atoms with Crippen molar-refractivity contribution in [1.82, 2.24) is 14.8 Å². The summed E-state index contributed by atoms with van der Waals surface area (Å²) in [6.45, 7) is 5.10. The van der Waals surface area contributed by atoms with Crippen LogP contribution in [0.4, 0.5) is 0 Å². The van der Waals surface area contributed by atoms with Crippen molar-refractivity contribution in [2.45, 2.75) is 50.5 Å². The van der Waals surface area contributed by atoms with Gasteiger partial charge in [0.25, 0.3) is 0 Å². The molecule has 1 N–H and O–H groups in total. The first kappa shape index (κ1) is 18.2. The zero-order valence-corrected chi connectivity index (χ0v) is 16.7. The lowest BCUT2D eigenvalue weighted by molar-refractivity contribution is -0.142. The molecule has 0 aliphatic carbocycles. The molecule has 4 heterocycles. The monoisotopic (exact) mass is 381 g/mol. The van der Waals surface area contributed by atoms with Gasteiger partial charge in [0.15, 0.2) is 0 Å². The Labute approximate surface area is 167 Å². The van der Waals surface area contributed by atoms with Crippen molar-refractivity contribution in [3.8, 4) is 0 Å². The van der Waals surface area contributed by atoms with E-state index in [1.54, 1.807) is 0 Å². The Morgan fingerprint density at radius 3 is 2.57 bits per heavy atom. The van der Waals surface area contributed by atoms with Gasteiger partial charge in [-0.25, -0.2) is 0 Å². The van der Waals surface area contributed by atoms with E-state index < -0.39 is 0 Å². The number of ether oxygens (including phenoxy) is 1. The number of H-pyrrole nitrogens is 1. The molecule has 0 atom stereocenters. The van der Waals surface area contributed by atoms with E-state index in [9.17, 15) is 4.79 Å². The molecule has 5 rings (SSSR count). The molecule has 1 aromatic heterocycles. The molecule has 3 aliphatic rings. The van der Waals surface area contributed by atoms with Crippen molar-refractivity contribution in [2.75, 3.05) is 39.3 Å². The van der Waals surface area contributed by atoms with Crippen molar-refractivity contribution in [3.05, 3.63) is 35.5 Å². The number of amides is 1. The van der Waals surface area contributed by atoms with Gasteiger partial charge in [0.2, 0.25) is 5.91 Å². The van der Waals surface area contributed by atoms with Crippen LogP contribution in [0.1, 0.15) is 49.8 Å². The lowest BCUT2D eigenvalue weighted by Gasteiger charge is -2.44. The average molecular weight is 382 g/mol. The van der Waals surface area contributed by atoms with Crippen molar-refractivity contribution < 1.29 is 9.53 Å². The molecule has 0 radical (unpaired) electrons. The molecule has 3 aliphatic heterocycles. The molecular formula is C23H31N3O2. The van der Waals surface area contributed by atoms with E-state index in [-0.39, 0.29) is 5.60 Å². The van der Waals surface area contributed by atoms with Crippen LogP contribution >= 0.6 is 0 Å². The van der Waals surface area contributed by atoms with Gasteiger partial charge in [-0.2, -0.15) is 0 Å². The number of aromatic nitrogens is 1. The van der Waals surface area contributed by atoms with Gasteiger partial charge in [-0.05, 0) is 56.8 Å². The van der Waals surface area contributed by atoms with Gasteiger partial charge in [0, 0.05) is 24.0 Å². The summed E-state index contributed by atoms with van der Waals surface area (Å²) in [5.41, 5.74) is 3.65. The number of nitrogens with one attached hydrogen (secondary N) is 1. The Morgan fingerprint density at radius 1 is 1.04 bits per heavy atom. The van der Waals surface area contributed by atoms with E-state index in [2.05, 4.69) is 39.0 Å². The van der Waals surface area contributed by atoms with Gasteiger partial charge in [-0.15, -0.1) is 0 Å². The predicted molar refractivity (Wildman–Crippen MR) is 110 cm³/mol. The Bertz CT molecular complexity index is 843. The van der Waals surface area contributed by atoms with Gasteiger partial charge in [-0.1, -0.05) is 31.0 Å². The molecule has 2 aromatic rings. The number of likely N-dealkylation sites (tertiary alicyclic amines) is 2. The highest BCUT2D eigenvalue weighted by atomic mass is 16.5. The third kappa shape index (κ3) is 3.25. The molecule has 2 saturated heterocycles. The number of hydrogen-bond acceptors (Lipinski definition) is 3.